The summed E-state index contributed by atoms with van der Waals surface area (Å²) in [6, 6.07) is 13.2. The lowest BCUT2D eigenvalue weighted by atomic mass is 9.94. The Balaban J connectivity index is 1.79. The van der Waals surface area contributed by atoms with E-state index in [1.165, 1.54) is 30.5 Å². The van der Waals surface area contributed by atoms with Gasteiger partial charge in [-0.25, -0.2) is 4.98 Å². The SMILES string of the molecule is COc1ccc(OC)c([C@H]2C(=C(O)c3ccc(OC)c(C)c3)C(=O)C(=O)N2c2nc3c(C)cc(C)cc3s2)c1. The van der Waals surface area contributed by atoms with E-state index in [0.29, 0.717) is 33.5 Å². The monoisotopic (exact) mass is 544 g/mol. The van der Waals surface area contributed by atoms with E-state index in [1.54, 1.807) is 43.5 Å². The van der Waals surface area contributed by atoms with Crippen LogP contribution in [0.1, 0.15) is 33.9 Å². The summed E-state index contributed by atoms with van der Waals surface area (Å²) in [6.45, 7) is 5.79. The van der Waals surface area contributed by atoms with Crippen LogP contribution < -0.4 is 19.1 Å². The van der Waals surface area contributed by atoms with Gasteiger partial charge in [-0.1, -0.05) is 17.4 Å². The molecule has 1 N–H and O–H groups in total. The third kappa shape index (κ3) is 4.38. The van der Waals surface area contributed by atoms with Gasteiger partial charge in [-0.2, -0.15) is 0 Å². The van der Waals surface area contributed by atoms with E-state index in [2.05, 4.69) is 0 Å². The quantitative estimate of drug-likeness (QED) is 0.184. The summed E-state index contributed by atoms with van der Waals surface area (Å²) in [6.07, 6.45) is 0. The molecule has 1 amide bonds. The number of fused-ring (bicyclic) bond motifs is 1. The number of carbonyl (C=O) groups excluding carboxylic acids is 2. The smallest absolute Gasteiger partial charge is 0.301 e. The van der Waals surface area contributed by atoms with Crippen molar-refractivity contribution in [3.63, 3.8) is 0 Å². The van der Waals surface area contributed by atoms with Crippen molar-refractivity contribution in [1.82, 2.24) is 4.98 Å². The number of hydrogen-bond acceptors (Lipinski definition) is 8. The first kappa shape index (κ1) is 26.2. The highest BCUT2D eigenvalue weighted by atomic mass is 32.1. The minimum absolute atomic E-state index is 0.0664. The molecule has 2 heterocycles. The number of thiazole rings is 1. The Morgan fingerprint density at radius 2 is 1.62 bits per heavy atom. The maximum Gasteiger partial charge on any atom is 0.301 e. The number of aliphatic hydroxyl groups excluding tert-OH is 1. The number of nitrogens with zero attached hydrogens (tertiary/aromatic N) is 2. The molecule has 200 valence electrons. The van der Waals surface area contributed by atoms with Gasteiger partial charge in [-0.15, -0.1) is 0 Å². The molecule has 0 spiro atoms. The number of aryl methyl sites for hydroxylation is 3. The van der Waals surface area contributed by atoms with Crippen LogP contribution in [-0.2, 0) is 9.59 Å². The van der Waals surface area contributed by atoms with E-state index in [4.69, 9.17) is 19.2 Å². The lowest BCUT2D eigenvalue weighted by molar-refractivity contribution is -0.132. The van der Waals surface area contributed by atoms with Crippen LogP contribution in [0.5, 0.6) is 17.2 Å². The number of anilines is 1. The van der Waals surface area contributed by atoms with Crippen LogP contribution >= 0.6 is 11.3 Å². The first-order valence-corrected chi connectivity index (χ1v) is 13.1. The lowest BCUT2D eigenvalue weighted by Gasteiger charge is -2.25. The highest BCUT2D eigenvalue weighted by molar-refractivity contribution is 7.22. The van der Waals surface area contributed by atoms with Crippen molar-refractivity contribution in [3.8, 4) is 17.2 Å². The van der Waals surface area contributed by atoms with Crippen molar-refractivity contribution in [2.45, 2.75) is 26.8 Å². The third-order valence-electron chi connectivity index (χ3n) is 6.87. The van der Waals surface area contributed by atoms with Gasteiger partial charge in [0.2, 0.25) is 0 Å². The van der Waals surface area contributed by atoms with Crippen LogP contribution in [0.4, 0.5) is 5.13 Å². The summed E-state index contributed by atoms with van der Waals surface area (Å²) >= 11 is 1.32. The molecule has 0 unspecified atom stereocenters. The molecule has 1 saturated heterocycles. The van der Waals surface area contributed by atoms with Gasteiger partial charge in [-0.05, 0) is 79.9 Å². The number of aromatic nitrogens is 1. The number of Topliss-reactive ketones (excluding diaryl/α,β-unsaturated/α-hetero) is 1. The Kier molecular flexibility index (Phi) is 6.78. The van der Waals surface area contributed by atoms with Crippen LogP contribution in [0.15, 0.2) is 54.1 Å². The van der Waals surface area contributed by atoms with Crippen LogP contribution in [0.25, 0.3) is 16.0 Å². The number of ether oxygens (including phenoxy) is 3. The number of carbonyl (C=O) groups is 2. The van der Waals surface area contributed by atoms with Crippen molar-refractivity contribution in [2.24, 2.45) is 0 Å². The maximum atomic E-state index is 13.7. The molecule has 1 atom stereocenters. The number of aliphatic hydroxyl groups is 1. The van der Waals surface area contributed by atoms with Crippen LogP contribution in [0, 0.1) is 20.8 Å². The second kappa shape index (κ2) is 10.1. The standard InChI is InChI=1S/C30H28N2O6S/c1-15-11-17(3)25-23(12-15)39-30(31-25)32-26(20-14-19(36-4)8-10-22(20)38-6)24(28(34)29(32)35)27(33)18-7-9-21(37-5)16(2)13-18/h7-14,26,33H,1-6H3/t26-/m0/s1. The van der Waals surface area contributed by atoms with Crippen molar-refractivity contribution < 1.29 is 28.9 Å². The summed E-state index contributed by atoms with van der Waals surface area (Å²) in [5.41, 5.74) is 4.35. The number of amides is 1. The molecular formula is C30H28N2O6S. The predicted molar refractivity (Wildman–Crippen MR) is 151 cm³/mol. The fraction of sp³-hybridized carbons (Fsp3) is 0.233. The number of rotatable bonds is 6. The Morgan fingerprint density at radius 1 is 0.897 bits per heavy atom. The fourth-order valence-electron chi connectivity index (χ4n) is 5.02. The number of methoxy groups -OCH3 is 3. The van der Waals surface area contributed by atoms with Gasteiger partial charge < -0.3 is 19.3 Å². The van der Waals surface area contributed by atoms with Gasteiger partial charge in [0.05, 0.1) is 37.1 Å². The molecule has 4 aromatic rings. The first-order chi connectivity index (χ1) is 18.7. The largest absolute Gasteiger partial charge is 0.507 e. The van der Waals surface area contributed by atoms with Crippen molar-refractivity contribution in [3.05, 3.63) is 81.9 Å². The second-order valence-corrected chi connectivity index (χ2v) is 10.4. The number of ketones is 1. The highest BCUT2D eigenvalue weighted by Crippen LogP contribution is 2.47. The third-order valence-corrected chi connectivity index (χ3v) is 7.87. The molecular weight excluding hydrogens is 516 g/mol. The van der Waals surface area contributed by atoms with E-state index in [0.717, 1.165) is 26.9 Å². The Hall–Kier alpha value is -4.37. The zero-order valence-electron chi connectivity index (χ0n) is 22.5. The zero-order valence-corrected chi connectivity index (χ0v) is 23.3. The Labute approximate surface area is 230 Å². The van der Waals surface area contributed by atoms with Gasteiger partial charge in [0, 0.05) is 11.1 Å². The minimum Gasteiger partial charge on any atom is -0.507 e. The first-order valence-electron chi connectivity index (χ1n) is 12.2. The van der Waals surface area contributed by atoms with Crippen molar-refractivity contribution in [2.75, 3.05) is 26.2 Å². The van der Waals surface area contributed by atoms with E-state index in [9.17, 15) is 14.7 Å². The summed E-state index contributed by atoms with van der Waals surface area (Å²) in [7, 11) is 4.60. The Bertz CT molecular complexity index is 1670. The van der Waals surface area contributed by atoms with Crippen LogP contribution in [-0.4, -0.2) is 43.1 Å². The number of hydrogen-bond donors (Lipinski definition) is 1. The van der Waals surface area contributed by atoms with Gasteiger partial charge >= 0.3 is 5.91 Å². The number of benzene rings is 3. The van der Waals surface area contributed by atoms with Gasteiger partial charge in [0.15, 0.2) is 5.13 Å². The molecule has 3 aromatic carbocycles. The van der Waals surface area contributed by atoms with Gasteiger partial charge in [0.1, 0.15) is 29.0 Å². The van der Waals surface area contributed by atoms with E-state index < -0.39 is 17.7 Å². The summed E-state index contributed by atoms with van der Waals surface area (Å²) in [5, 5.41) is 11.9. The molecule has 0 bridgehead atoms. The highest BCUT2D eigenvalue weighted by Gasteiger charge is 2.49. The van der Waals surface area contributed by atoms with Gasteiger partial charge in [0.25, 0.3) is 5.78 Å². The van der Waals surface area contributed by atoms with Crippen LogP contribution in [0.2, 0.25) is 0 Å². The van der Waals surface area contributed by atoms with Crippen LogP contribution in [0.3, 0.4) is 0 Å². The predicted octanol–water partition coefficient (Wildman–Crippen LogP) is 5.87. The summed E-state index contributed by atoms with van der Waals surface area (Å²) < 4.78 is 17.3. The second-order valence-electron chi connectivity index (χ2n) is 9.39. The van der Waals surface area contributed by atoms with E-state index in [1.807, 2.05) is 32.9 Å². The molecule has 1 fully saturated rings. The average molecular weight is 545 g/mol. The molecule has 5 rings (SSSR count). The molecule has 0 aliphatic carbocycles. The van der Waals surface area contributed by atoms with Crippen molar-refractivity contribution in [1.29, 1.82) is 0 Å². The average Bonchev–Trinajstić information content (AvgIpc) is 3.46. The van der Waals surface area contributed by atoms with E-state index >= 15 is 0 Å². The van der Waals surface area contributed by atoms with Gasteiger partial charge in [-0.3, -0.25) is 14.5 Å². The van der Waals surface area contributed by atoms with E-state index in [-0.39, 0.29) is 11.3 Å². The fourth-order valence-corrected chi connectivity index (χ4v) is 6.19. The molecule has 1 aliphatic heterocycles. The summed E-state index contributed by atoms with van der Waals surface area (Å²) in [5.74, 6) is -0.332. The molecule has 39 heavy (non-hydrogen) atoms. The topological polar surface area (TPSA) is 98.2 Å². The molecule has 0 radical (unpaired) electrons. The molecule has 9 heteroatoms. The molecule has 1 aliphatic rings. The van der Waals surface area contributed by atoms with Crippen molar-refractivity contribution >= 4 is 44.1 Å². The molecule has 1 aromatic heterocycles. The zero-order chi connectivity index (χ0) is 28.0. The normalized spacial score (nSPS) is 16.7. The minimum atomic E-state index is -1.01. The molecule has 0 saturated carbocycles. The lowest BCUT2D eigenvalue weighted by Crippen LogP contribution is -2.29. The maximum absolute atomic E-state index is 13.7. The molecule has 8 nitrogen and oxygen atoms in total. The summed E-state index contributed by atoms with van der Waals surface area (Å²) in [4.78, 5) is 33.5. The Morgan fingerprint density at radius 3 is 2.28 bits per heavy atom.